The molecule has 0 aliphatic rings. The van der Waals surface area contributed by atoms with Crippen LogP contribution in [0.2, 0.25) is 0 Å². The second-order valence-corrected chi connectivity index (χ2v) is 4.10. The fourth-order valence-electron chi connectivity index (χ4n) is 1.32. The van der Waals surface area contributed by atoms with Crippen molar-refractivity contribution in [3.63, 3.8) is 0 Å². The lowest BCUT2D eigenvalue weighted by Gasteiger charge is -2.25. The van der Waals surface area contributed by atoms with Gasteiger partial charge in [-0.25, -0.2) is 0 Å². The zero-order chi connectivity index (χ0) is 9.73. The normalized spacial score (nSPS) is 15.6. The lowest BCUT2D eigenvalue weighted by atomic mass is 9.94. The Morgan fingerprint density at radius 3 is 2.85 bits per heavy atom. The Balaban J connectivity index is 2.58. The maximum atomic E-state index is 10.1. The highest BCUT2D eigenvalue weighted by Crippen LogP contribution is 2.19. The van der Waals surface area contributed by atoms with Gasteiger partial charge in [-0.2, -0.15) is 11.3 Å². The third-order valence-electron chi connectivity index (χ3n) is 2.18. The molecule has 0 spiro atoms. The first-order valence-electron chi connectivity index (χ1n) is 4.42. The molecule has 13 heavy (non-hydrogen) atoms. The van der Waals surface area contributed by atoms with Crippen LogP contribution in [0.5, 0.6) is 0 Å². The minimum absolute atomic E-state index is 0.402. The van der Waals surface area contributed by atoms with Crippen LogP contribution in [0, 0.1) is 0 Å². The van der Waals surface area contributed by atoms with Crippen molar-refractivity contribution in [2.45, 2.75) is 25.4 Å². The molecule has 0 aliphatic heterocycles. The summed E-state index contributed by atoms with van der Waals surface area (Å²) in [5, 5.41) is 14.2. The zero-order valence-corrected chi connectivity index (χ0v) is 8.93. The molecule has 2 nitrogen and oxygen atoms in total. The highest BCUT2D eigenvalue weighted by atomic mass is 32.1. The van der Waals surface area contributed by atoms with Crippen molar-refractivity contribution < 1.29 is 9.84 Å². The van der Waals surface area contributed by atoms with Crippen molar-refractivity contribution >= 4 is 11.3 Å². The van der Waals surface area contributed by atoms with Gasteiger partial charge in [-0.05, 0) is 28.8 Å². The fourth-order valence-corrected chi connectivity index (χ4v) is 1.99. The van der Waals surface area contributed by atoms with Gasteiger partial charge in [-0.3, -0.25) is 0 Å². The van der Waals surface area contributed by atoms with Crippen LogP contribution >= 0.6 is 11.3 Å². The van der Waals surface area contributed by atoms with Gasteiger partial charge in [0.1, 0.15) is 0 Å². The highest BCUT2D eigenvalue weighted by molar-refractivity contribution is 7.07. The van der Waals surface area contributed by atoms with Crippen LogP contribution in [0.25, 0.3) is 0 Å². The van der Waals surface area contributed by atoms with E-state index in [9.17, 15) is 5.11 Å². The summed E-state index contributed by atoms with van der Waals surface area (Å²) in [4.78, 5) is 0. The summed E-state index contributed by atoms with van der Waals surface area (Å²) in [6.45, 7) is 2.38. The van der Waals surface area contributed by atoms with Gasteiger partial charge >= 0.3 is 0 Å². The Morgan fingerprint density at radius 2 is 2.38 bits per heavy atom. The van der Waals surface area contributed by atoms with E-state index < -0.39 is 5.60 Å². The molecular formula is C10H16O2S. The molecule has 1 N–H and O–H groups in total. The maximum absolute atomic E-state index is 10.1. The molecule has 1 aromatic rings. The van der Waals surface area contributed by atoms with Crippen molar-refractivity contribution in [2.24, 2.45) is 0 Å². The van der Waals surface area contributed by atoms with Crippen molar-refractivity contribution in [3.8, 4) is 0 Å². The van der Waals surface area contributed by atoms with E-state index in [4.69, 9.17) is 4.74 Å². The predicted molar refractivity (Wildman–Crippen MR) is 55.1 cm³/mol. The van der Waals surface area contributed by atoms with E-state index >= 15 is 0 Å². The standard InChI is InChI=1S/C10H16O2S/c1-3-10(11,8-12-2)6-9-4-5-13-7-9/h4-5,7,11H,3,6,8H2,1-2H3. The molecule has 0 aromatic carbocycles. The lowest BCUT2D eigenvalue weighted by molar-refractivity contribution is -0.0332. The first kappa shape index (κ1) is 10.7. The van der Waals surface area contributed by atoms with E-state index in [1.807, 2.05) is 18.4 Å². The van der Waals surface area contributed by atoms with Crippen LogP contribution in [-0.4, -0.2) is 24.4 Å². The van der Waals surface area contributed by atoms with Crippen LogP contribution in [0.15, 0.2) is 16.8 Å². The topological polar surface area (TPSA) is 29.5 Å². The number of hydrogen-bond acceptors (Lipinski definition) is 3. The van der Waals surface area contributed by atoms with Crippen LogP contribution in [0.4, 0.5) is 0 Å². The molecule has 1 heterocycles. The molecule has 1 atom stereocenters. The number of rotatable bonds is 5. The summed E-state index contributed by atoms with van der Waals surface area (Å²) in [6.07, 6.45) is 1.40. The van der Waals surface area contributed by atoms with Crippen molar-refractivity contribution in [1.82, 2.24) is 0 Å². The molecule has 0 aliphatic carbocycles. The van der Waals surface area contributed by atoms with Crippen LogP contribution in [-0.2, 0) is 11.2 Å². The second kappa shape index (κ2) is 4.74. The second-order valence-electron chi connectivity index (χ2n) is 3.32. The molecule has 74 valence electrons. The highest BCUT2D eigenvalue weighted by Gasteiger charge is 2.24. The van der Waals surface area contributed by atoms with Crippen LogP contribution < -0.4 is 0 Å². The molecule has 3 heteroatoms. The smallest absolute Gasteiger partial charge is 0.0917 e. The molecular weight excluding hydrogens is 184 g/mol. The van der Waals surface area contributed by atoms with Crippen molar-refractivity contribution in [2.75, 3.05) is 13.7 Å². The van der Waals surface area contributed by atoms with Gasteiger partial charge < -0.3 is 9.84 Å². The van der Waals surface area contributed by atoms with E-state index in [2.05, 4.69) is 5.38 Å². The van der Waals surface area contributed by atoms with Gasteiger partial charge in [-0.15, -0.1) is 0 Å². The zero-order valence-electron chi connectivity index (χ0n) is 8.12. The summed E-state index contributed by atoms with van der Waals surface area (Å²) in [5.74, 6) is 0. The molecule has 1 aromatic heterocycles. The van der Waals surface area contributed by atoms with E-state index in [-0.39, 0.29) is 0 Å². The molecule has 0 fully saturated rings. The Kier molecular flexibility index (Phi) is 3.90. The van der Waals surface area contributed by atoms with Gasteiger partial charge in [-0.1, -0.05) is 6.92 Å². The minimum atomic E-state index is -0.699. The quantitative estimate of drug-likeness (QED) is 0.788. The summed E-state index contributed by atoms with van der Waals surface area (Å²) in [6, 6.07) is 2.04. The average Bonchev–Trinajstić information content (AvgIpc) is 2.57. The molecule has 0 radical (unpaired) electrons. The van der Waals surface area contributed by atoms with Gasteiger partial charge in [0.15, 0.2) is 0 Å². The van der Waals surface area contributed by atoms with E-state index in [0.29, 0.717) is 13.0 Å². The molecule has 0 saturated carbocycles. The lowest BCUT2D eigenvalue weighted by Crippen LogP contribution is -2.35. The van der Waals surface area contributed by atoms with Gasteiger partial charge in [0.05, 0.1) is 12.2 Å². The summed E-state index contributed by atoms with van der Waals surface area (Å²) >= 11 is 1.66. The maximum Gasteiger partial charge on any atom is 0.0917 e. The third kappa shape index (κ3) is 3.10. The number of methoxy groups -OCH3 is 1. The summed E-state index contributed by atoms with van der Waals surface area (Å²) in [5.41, 5.74) is 0.488. The first-order valence-corrected chi connectivity index (χ1v) is 5.37. The molecule has 0 amide bonds. The predicted octanol–water partition coefficient (Wildman–Crippen LogP) is 2.08. The third-order valence-corrected chi connectivity index (χ3v) is 2.92. The number of hydrogen-bond donors (Lipinski definition) is 1. The minimum Gasteiger partial charge on any atom is -0.387 e. The Morgan fingerprint density at radius 1 is 1.62 bits per heavy atom. The Labute approximate surface area is 83.2 Å². The number of ether oxygens (including phenoxy) is 1. The van der Waals surface area contributed by atoms with E-state index in [0.717, 1.165) is 6.42 Å². The van der Waals surface area contributed by atoms with Crippen molar-refractivity contribution in [3.05, 3.63) is 22.4 Å². The van der Waals surface area contributed by atoms with E-state index in [1.165, 1.54) is 5.56 Å². The molecule has 0 bridgehead atoms. The van der Waals surface area contributed by atoms with E-state index in [1.54, 1.807) is 18.4 Å². The monoisotopic (exact) mass is 200 g/mol. The average molecular weight is 200 g/mol. The van der Waals surface area contributed by atoms with Crippen LogP contribution in [0.3, 0.4) is 0 Å². The molecule has 1 rings (SSSR count). The Bertz CT molecular complexity index is 233. The fraction of sp³-hybridized carbons (Fsp3) is 0.600. The largest absolute Gasteiger partial charge is 0.387 e. The Hall–Kier alpha value is -0.380. The summed E-state index contributed by atoms with van der Waals surface area (Å²) in [7, 11) is 1.62. The summed E-state index contributed by atoms with van der Waals surface area (Å²) < 4.78 is 5.00. The SMILES string of the molecule is CCC(O)(COC)Cc1ccsc1. The van der Waals surface area contributed by atoms with Gasteiger partial charge in [0.2, 0.25) is 0 Å². The number of aliphatic hydroxyl groups is 1. The number of thiophene rings is 1. The van der Waals surface area contributed by atoms with Gasteiger partial charge in [0.25, 0.3) is 0 Å². The van der Waals surface area contributed by atoms with Crippen molar-refractivity contribution in [1.29, 1.82) is 0 Å². The van der Waals surface area contributed by atoms with Crippen LogP contribution in [0.1, 0.15) is 18.9 Å². The molecule has 1 unspecified atom stereocenters. The van der Waals surface area contributed by atoms with Gasteiger partial charge in [0, 0.05) is 13.5 Å². The molecule has 0 saturated heterocycles. The first-order chi connectivity index (χ1) is 6.20.